The van der Waals surface area contributed by atoms with Crippen LogP contribution >= 0.6 is 0 Å². The number of aliphatic carboxylic acids is 1. The summed E-state index contributed by atoms with van der Waals surface area (Å²) in [6, 6.07) is 5.30. The summed E-state index contributed by atoms with van der Waals surface area (Å²) < 4.78 is 0. The van der Waals surface area contributed by atoms with E-state index in [1.54, 1.807) is 12.1 Å². The molecule has 3 N–H and O–H groups in total. The molecule has 0 aliphatic heterocycles. The van der Waals surface area contributed by atoms with Crippen molar-refractivity contribution in [2.24, 2.45) is 5.41 Å². The number of benzene rings is 1. The molecule has 0 heterocycles. The van der Waals surface area contributed by atoms with Crippen molar-refractivity contribution in [3.63, 3.8) is 0 Å². The van der Waals surface area contributed by atoms with Gasteiger partial charge in [0.25, 0.3) is 0 Å². The number of hydrogen-bond acceptors (Lipinski definition) is 3. The molecule has 1 rings (SSSR count). The second-order valence-corrected chi connectivity index (χ2v) is 6.07. The quantitative estimate of drug-likeness (QED) is 0.768. The topological polar surface area (TPSA) is 86.6 Å². The third kappa shape index (κ3) is 5.73. The molecule has 0 saturated carbocycles. The van der Waals surface area contributed by atoms with E-state index in [0.29, 0.717) is 0 Å². The van der Waals surface area contributed by atoms with E-state index in [0.717, 1.165) is 5.56 Å². The summed E-state index contributed by atoms with van der Waals surface area (Å²) in [4.78, 5) is 23.0. The fourth-order valence-corrected chi connectivity index (χ4v) is 1.79. The Balaban J connectivity index is 2.68. The zero-order valence-electron chi connectivity index (χ0n) is 12.0. The van der Waals surface area contributed by atoms with Crippen molar-refractivity contribution in [1.82, 2.24) is 5.32 Å². The first kappa shape index (κ1) is 16.0. The molecule has 20 heavy (non-hydrogen) atoms. The predicted molar refractivity (Wildman–Crippen MR) is 75.4 cm³/mol. The molecular formula is C15H21NO4. The second-order valence-electron chi connectivity index (χ2n) is 6.07. The highest BCUT2D eigenvalue weighted by Gasteiger charge is 2.23. The molecule has 1 aromatic rings. The van der Waals surface area contributed by atoms with Crippen LogP contribution in [-0.2, 0) is 16.0 Å². The molecule has 0 bridgehead atoms. The molecule has 5 heteroatoms. The first-order chi connectivity index (χ1) is 9.17. The van der Waals surface area contributed by atoms with E-state index in [9.17, 15) is 19.8 Å². The van der Waals surface area contributed by atoms with Crippen molar-refractivity contribution in [3.05, 3.63) is 29.8 Å². The highest BCUT2D eigenvalue weighted by atomic mass is 16.4. The maximum absolute atomic E-state index is 11.8. The lowest BCUT2D eigenvalue weighted by atomic mass is 9.91. The first-order valence-corrected chi connectivity index (χ1v) is 6.47. The molecule has 0 aliphatic rings. The number of carboxylic acid groups (broad SMARTS) is 1. The number of carboxylic acids is 1. The molecule has 0 aliphatic carbocycles. The van der Waals surface area contributed by atoms with E-state index in [4.69, 9.17) is 0 Å². The summed E-state index contributed by atoms with van der Waals surface area (Å²) in [6.45, 7) is 5.76. The van der Waals surface area contributed by atoms with E-state index < -0.39 is 12.0 Å². The fourth-order valence-electron chi connectivity index (χ4n) is 1.79. The van der Waals surface area contributed by atoms with E-state index in [1.807, 2.05) is 20.8 Å². The Morgan fingerprint density at radius 3 is 2.20 bits per heavy atom. The largest absolute Gasteiger partial charge is 0.508 e. The number of hydrogen-bond donors (Lipinski definition) is 3. The average molecular weight is 279 g/mol. The van der Waals surface area contributed by atoms with Gasteiger partial charge in [-0.25, -0.2) is 4.79 Å². The van der Waals surface area contributed by atoms with E-state index in [-0.39, 0.29) is 29.9 Å². The molecule has 0 aromatic heterocycles. The van der Waals surface area contributed by atoms with Crippen LogP contribution in [0.1, 0.15) is 32.8 Å². The van der Waals surface area contributed by atoms with Crippen LogP contribution in [0, 0.1) is 5.41 Å². The van der Waals surface area contributed by atoms with Crippen LogP contribution in [-0.4, -0.2) is 28.1 Å². The minimum absolute atomic E-state index is 0.123. The molecule has 110 valence electrons. The zero-order valence-corrected chi connectivity index (χ0v) is 12.0. The molecule has 1 amide bonds. The Labute approximate surface area is 118 Å². The standard InChI is InChI=1S/C15H21NO4/c1-15(2,3)9-13(18)16-12(14(19)20)8-10-4-6-11(17)7-5-10/h4-7,12,17H,8-9H2,1-3H3,(H,16,18)(H,19,20)/t12-/m0/s1. The Kier molecular flexibility index (Phi) is 5.13. The van der Waals surface area contributed by atoms with Gasteiger partial charge in [0.1, 0.15) is 11.8 Å². The SMILES string of the molecule is CC(C)(C)CC(=O)N[C@@H](Cc1ccc(O)cc1)C(=O)O. The maximum atomic E-state index is 11.8. The van der Waals surface area contributed by atoms with Gasteiger partial charge in [0.2, 0.25) is 5.91 Å². The lowest BCUT2D eigenvalue weighted by Crippen LogP contribution is -2.43. The number of carbonyl (C=O) groups is 2. The maximum Gasteiger partial charge on any atom is 0.326 e. The van der Waals surface area contributed by atoms with Gasteiger partial charge in [0.15, 0.2) is 0 Å². The third-order valence-electron chi connectivity index (χ3n) is 2.70. The Morgan fingerprint density at radius 1 is 1.20 bits per heavy atom. The molecule has 0 fully saturated rings. The molecule has 5 nitrogen and oxygen atoms in total. The summed E-state index contributed by atoms with van der Waals surface area (Å²) in [5, 5.41) is 20.9. The molecule has 0 radical (unpaired) electrons. The average Bonchev–Trinajstić information content (AvgIpc) is 2.28. The smallest absolute Gasteiger partial charge is 0.326 e. The number of nitrogens with one attached hydrogen (secondary N) is 1. The molecule has 0 spiro atoms. The summed E-state index contributed by atoms with van der Waals surface area (Å²) in [5.41, 5.74) is 0.553. The highest BCUT2D eigenvalue weighted by Crippen LogP contribution is 2.18. The van der Waals surface area contributed by atoms with Crippen LogP contribution in [0.3, 0.4) is 0 Å². The number of rotatable bonds is 5. The molecule has 0 unspecified atom stereocenters. The number of phenolic OH excluding ortho intramolecular Hbond substituents is 1. The molecular weight excluding hydrogens is 258 g/mol. The lowest BCUT2D eigenvalue weighted by Gasteiger charge is -2.20. The van der Waals surface area contributed by atoms with Crippen molar-refractivity contribution < 1.29 is 19.8 Å². The van der Waals surface area contributed by atoms with E-state index in [2.05, 4.69) is 5.32 Å². The minimum atomic E-state index is -1.07. The summed E-state index contributed by atoms with van der Waals surface area (Å²) in [5.74, 6) is -1.22. The Hall–Kier alpha value is -2.04. The van der Waals surface area contributed by atoms with Crippen molar-refractivity contribution >= 4 is 11.9 Å². The monoisotopic (exact) mass is 279 g/mol. The van der Waals surface area contributed by atoms with Crippen LogP contribution in [0.2, 0.25) is 0 Å². The highest BCUT2D eigenvalue weighted by molar-refractivity contribution is 5.84. The van der Waals surface area contributed by atoms with Crippen molar-refractivity contribution in [2.75, 3.05) is 0 Å². The van der Waals surface area contributed by atoms with Crippen molar-refractivity contribution in [3.8, 4) is 5.75 Å². The van der Waals surface area contributed by atoms with Crippen molar-refractivity contribution in [1.29, 1.82) is 0 Å². The Morgan fingerprint density at radius 2 is 1.75 bits per heavy atom. The van der Waals surface area contributed by atoms with Gasteiger partial charge in [-0.05, 0) is 23.1 Å². The lowest BCUT2D eigenvalue weighted by molar-refractivity contribution is -0.142. The summed E-state index contributed by atoms with van der Waals surface area (Å²) in [6.07, 6.45) is 0.456. The predicted octanol–water partition coefficient (Wildman–Crippen LogP) is 1.94. The molecule has 1 aromatic carbocycles. The third-order valence-corrected chi connectivity index (χ3v) is 2.70. The van der Waals surface area contributed by atoms with E-state index in [1.165, 1.54) is 12.1 Å². The fraction of sp³-hybridized carbons (Fsp3) is 0.467. The van der Waals surface area contributed by atoms with Gasteiger partial charge in [-0.15, -0.1) is 0 Å². The number of aromatic hydroxyl groups is 1. The van der Waals surface area contributed by atoms with Gasteiger partial charge in [0, 0.05) is 12.8 Å². The van der Waals surface area contributed by atoms with Crippen LogP contribution in [0.5, 0.6) is 5.75 Å². The van der Waals surface area contributed by atoms with Crippen LogP contribution in [0.15, 0.2) is 24.3 Å². The zero-order chi connectivity index (χ0) is 15.3. The molecule has 0 saturated heterocycles. The Bertz CT molecular complexity index is 474. The van der Waals surface area contributed by atoms with Gasteiger partial charge in [-0.2, -0.15) is 0 Å². The van der Waals surface area contributed by atoms with Gasteiger partial charge in [0.05, 0.1) is 0 Å². The van der Waals surface area contributed by atoms with Crippen LogP contribution in [0.4, 0.5) is 0 Å². The summed E-state index contributed by atoms with van der Waals surface area (Å²) in [7, 11) is 0. The first-order valence-electron chi connectivity index (χ1n) is 6.47. The van der Waals surface area contributed by atoms with Gasteiger partial charge >= 0.3 is 5.97 Å². The van der Waals surface area contributed by atoms with Crippen molar-refractivity contribution in [2.45, 2.75) is 39.7 Å². The van der Waals surface area contributed by atoms with E-state index >= 15 is 0 Å². The minimum Gasteiger partial charge on any atom is -0.508 e. The van der Waals surface area contributed by atoms with Gasteiger partial charge in [-0.3, -0.25) is 4.79 Å². The summed E-state index contributed by atoms with van der Waals surface area (Å²) >= 11 is 0. The normalized spacial score (nSPS) is 12.8. The van der Waals surface area contributed by atoms with Crippen LogP contribution in [0.25, 0.3) is 0 Å². The van der Waals surface area contributed by atoms with Gasteiger partial charge in [-0.1, -0.05) is 32.9 Å². The number of phenols is 1. The number of amides is 1. The molecule has 1 atom stereocenters. The van der Waals surface area contributed by atoms with Crippen LogP contribution < -0.4 is 5.32 Å². The van der Waals surface area contributed by atoms with Gasteiger partial charge < -0.3 is 15.5 Å². The second kappa shape index (κ2) is 6.41. The number of carbonyl (C=O) groups excluding carboxylic acids is 1.